The number of rotatable bonds is 3. The van der Waals surface area contributed by atoms with E-state index in [0.29, 0.717) is 6.04 Å². The first-order valence-corrected chi connectivity index (χ1v) is 8.00. The number of aromatic nitrogens is 4. The minimum atomic E-state index is 0.538. The van der Waals surface area contributed by atoms with Crippen molar-refractivity contribution < 1.29 is 0 Å². The van der Waals surface area contributed by atoms with Gasteiger partial charge in [-0.05, 0) is 62.4 Å². The molecule has 3 heterocycles. The van der Waals surface area contributed by atoms with Crippen molar-refractivity contribution in [2.45, 2.75) is 25.8 Å². The Balaban J connectivity index is 1.46. The first-order valence-electron chi connectivity index (χ1n) is 8.00. The highest BCUT2D eigenvalue weighted by Gasteiger charge is 2.37. The molecule has 2 aromatic heterocycles. The Morgan fingerprint density at radius 1 is 1.18 bits per heavy atom. The molecule has 1 aliphatic heterocycles. The van der Waals surface area contributed by atoms with E-state index < -0.39 is 0 Å². The number of hydrogen-bond donors (Lipinski definition) is 2. The first-order chi connectivity index (χ1) is 10.7. The minimum absolute atomic E-state index is 0.538. The predicted octanol–water partition coefficient (Wildman–Crippen LogP) is 1.60. The van der Waals surface area contributed by atoms with Crippen LogP contribution in [0.3, 0.4) is 0 Å². The van der Waals surface area contributed by atoms with E-state index in [9.17, 15) is 0 Å². The normalized spacial score (nSPS) is 27.1. The van der Waals surface area contributed by atoms with Gasteiger partial charge in [-0.1, -0.05) is 0 Å². The van der Waals surface area contributed by atoms with Gasteiger partial charge >= 0.3 is 0 Å². The second kappa shape index (κ2) is 5.35. The van der Waals surface area contributed by atoms with Gasteiger partial charge in [0.25, 0.3) is 0 Å². The molecule has 2 atom stereocenters. The molecule has 0 aromatic carbocycles. The maximum Gasteiger partial charge on any atom is 0.148 e. The van der Waals surface area contributed by atoms with Crippen molar-refractivity contribution in [3.8, 4) is 11.4 Å². The number of nitrogens with one attached hydrogen (secondary N) is 2. The Hall–Kier alpha value is -1.95. The number of fused-ring (bicyclic) bond motifs is 1. The van der Waals surface area contributed by atoms with Crippen LogP contribution < -0.4 is 10.6 Å². The van der Waals surface area contributed by atoms with Crippen molar-refractivity contribution in [2.75, 3.05) is 18.4 Å². The minimum Gasteiger partial charge on any atom is -0.366 e. The summed E-state index contributed by atoms with van der Waals surface area (Å²) in [5.41, 5.74) is 3.02. The summed E-state index contributed by atoms with van der Waals surface area (Å²) < 4.78 is 1.84. The molecule has 0 bridgehead atoms. The molecule has 0 spiro atoms. The van der Waals surface area contributed by atoms with E-state index in [1.807, 2.05) is 37.0 Å². The molecule has 0 radical (unpaired) electrons. The van der Waals surface area contributed by atoms with Crippen molar-refractivity contribution in [1.29, 1.82) is 0 Å². The number of nitrogens with zero attached hydrogens (tertiary/aromatic N) is 4. The fraction of sp³-hybridized carbons (Fsp3) is 0.562. The molecular weight excluding hydrogens is 276 g/mol. The second-order valence-electron chi connectivity index (χ2n) is 6.59. The van der Waals surface area contributed by atoms with Gasteiger partial charge in [0.15, 0.2) is 0 Å². The molecule has 1 aliphatic carbocycles. The lowest BCUT2D eigenvalue weighted by atomic mass is 10.0. The van der Waals surface area contributed by atoms with Crippen molar-refractivity contribution in [3.05, 3.63) is 23.9 Å². The number of anilines is 1. The standard InChI is InChI=1S/C16H22N6/c1-10-7-18-22(2)16(10)14-3-4-15(21-20-14)19-13-5-11-8-17-9-12(11)6-13/h3-4,7,11-13,17H,5-6,8-9H2,1-2H3,(H,19,21). The van der Waals surface area contributed by atoms with Crippen LogP contribution in [0.1, 0.15) is 18.4 Å². The van der Waals surface area contributed by atoms with E-state index in [2.05, 4.69) is 25.9 Å². The Morgan fingerprint density at radius 3 is 2.55 bits per heavy atom. The highest BCUT2D eigenvalue weighted by molar-refractivity contribution is 5.59. The molecule has 2 aromatic rings. The van der Waals surface area contributed by atoms with Crippen LogP contribution in [0.15, 0.2) is 18.3 Å². The van der Waals surface area contributed by atoms with E-state index in [1.165, 1.54) is 25.9 Å². The van der Waals surface area contributed by atoms with Gasteiger partial charge in [0.2, 0.25) is 0 Å². The van der Waals surface area contributed by atoms with Crippen LogP contribution in [0.2, 0.25) is 0 Å². The maximum absolute atomic E-state index is 4.37. The van der Waals surface area contributed by atoms with Gasteiger partial charge in [-0.15, -0.1) is 10.2 Å². The third kappa shape index (κ3) is 2.37. The monoisotopic (exact) mass is 298 g/mol. The van der Waals surface area contributed by atoms with Crippen LogP contribution >= 0.6 is 0 Å². The van der Waals surface area contributed by atoms with E-state index in [1.54, 1.807) is 0 Å². The van der Waals surface area contributed by atoms with Gasteiger partial charge in [0.05, 0.1) is 11.9 Å². The Labute approximate surface area is 130 Å². The molecule has 6 nitrogen and oxygen atoms in total. The molecule has 6 heteroatoms. The molecule has 4 rings (SSSR count). The summed E-state index contributed by atoms with van der Waals surface area (Å²) in [4.78, 5) is 0. The SMILES string of the molecule is Cc1cnn(C)c1-c1ccc(NC2CC3CNCC3C2)nn1. The molecular formula is C16H22N6. The van der Waals surface area contributed by atoms with Crippen molar-refractivity contribution >= 4 is 5.82 Å². The van der Waals surface area contributed by atoms with E-state index in [0.717, 1.165) is 34.6 Å². The van der Waals surface area contributed by atoms with Gasteiger partial charge < -0.3 is 10.6 Å². The molecule has 2 fully saturated rings. The molecule has 0 amide bonds. The summed E-state index contributed by atoms with van der Waals surface area (Å²) in [5, 5.41) is 20.0. The summed E-state index contributed by atoms with van der Waals surface area (Å²) >= 11 is 0. The van der Waals surface area contributed by atoms with Crippen molar-refractivity contribution in [1.82, 2.24) is 25.3 Å². The average Bonchev–Trinajstić information content (AvgIpc) is 3.16. The van der Waals surface area contributed by atoms with Gasteiger partial charge in [-0.3, -0.25) is 4.68 Å². The lowest BCUT2D eigenvalue weighted by molar-refractivity contribution is 0.494. The summed E-state index contributed by atoms with van der Waals surface area (Å²) in [5.74, 6) is 2.55. The maximum atomic E-state index is 4.37. The van der Waals surface area contributed by atoms with E-state index in [4.69, 9.17) is 0 Å². The third-order valence-electron chi connectivity index (χ3n) is 5.04. The smallest absolute Gasteiger partial charge is 0.148 e. The number of hydrogen-bond acceptors (Lipinski definition) is 5. The zero-order valence-electron chi connectivity index (χ0n) is 13.1. The average molecular weight is 298 g/mol. The summed E-state index contributed by atoms with van der Waals surface area (Å²) in [7, 11) is 1.93. The summed E-state index contributed by atoms with van der Waals surface area (Å²) in [6, 6.07) is 4.59. The predicted molar refractivity (Wildman–Crippen MR) is 85.5 cm³/mol. The van der Waals surface area contributed by atoms with Crippen LogP contribution in [-0.2, 0) is 7.05 Å². The summed E-state index contributed by atoms with van der Waals surface area (Å²) in [6.45, 7) is 4.39. The lowest BCUT2D eigenvalue weighted by Crippen LogP contribution is -2.21. The first kappa shape index (κ1) is 13.7. The fourth-order valence-electron chi connectivity index (χ4n) is 3.94. The molecule has 1 saturated heterocycles. The fourth-order valence-corrected chi connectivity index (χ4v) is 3.94. The zero-order valence-corrected chi connectivity index (χ0v) is 13.1. The second-order valence-corrected chi connectivity index (χ2v) is 6.59. The molecule has 2 unspecified atom stereocenters. The Morgan fingerprint density at radius 2 is 1.95 bits per heavy atom. The Bertz CT molecular complexity index is 630. The van der Waals surface area contributed by atoms with Crippen molar-refractivity contribution in [3.63, 3.8) is 0 Å². The molecule has 2 aliphatic rings. The van der Waals surface area contributed by atoms with Crippen LogP contribution in [-0.4, -0.2) is 39.1 Å². The van der Waals surface area contributed by atoms with Crippen molar-refractivity contribution in [2.24, 2.45) is 18.9 Å². The summed E-state index contributed by atoms with van der Waals surface area (Å²) in [6.07, 6.45) is 4.33. The number of aryl methyl sites for hydroxylation is 2. The zero-order chi connectivity index (χ0) is 15.1. The van der Waals surface area contributed by atoms with E-state index in [-0.39, 0.29) is 0 Å². The molecule has 116 valence electrons. The molecule has 2 N–H and O–H groups in total. The van der Waals surface area contributed by atoms with Gasteiger partial charge in [-0.2, -0.15) is 5.10 Å². The van der Waals surface area contributed by atoms with Gasteiger partial charge in [0.1, 0.15) is 11.5 Å². The highest BCUT2D eigenvalue weighted by atomic mass is 15.3. The van der Waals surface area contributed by atoms with E-state index >= 15 is 0 Å². The van der Waals surface area contributed by atoms with Gasteiger partial charge in [-0.25, -0.2) is 0 Å². The Kier molecular flexibility index (Phi) is 3.33. The topological polar surface area (TPSA) is 67.7 Å². The molecule has 1 saturated carbocycles. The van der Waals surface area contributed by atoms with Crippen LogP contribution in [0.5, 0.6) is 0 Å². The highest BCUT2D eigenvalue weighted by Crippen LogP contribution is 2.35. The van der Waals surface area contributed by atoms with Crippen LogP contribution in [0.25, 0.3) is 11.4 Å². The van der Waals surface area contributed by atoms with Crippen LogP contribution in [0, 0.1) is 18.8 Å². The van der Waals surface area contributed by atoms with Gasteiger partial charge in [0, 0.05) is 13.1 Å². The third-order valence-corrected chi connectivity index (χ3v) is 5.04. The molecule has 22 heavy (non-hydrogen) atoms. The lowest BCUT2D eigenvalue weighted by Gasteiger charge is -2.14. The largest absolute Gasteiger partial charge is 0.366 e. The quantitative estimate of drug-likeness (QED) is 0.901. The van der Waals surface area contributed by atoms with Crippen LogP contribution in [0.4, 0.5) is 5.82 Å².